The van der Waals surface area contributed by atoms with E-state index in [1.807, 2.05) is 41.3 Å². The summed E-state index contributed by atoms with van der Waals surface area (Å²) >= 11 is 3.54. The molecule has 8 nitrogen and oxygen atoms in total. The standard InChI is InChI=1S/C31H39BrN6O2.ClH/c32-26-8-4-7-25(18-26)27(17-21-9-11-22(19-33)12-10-21)29(39)37-28(24-5-2-1-3-6-24)30(40)36-20-23-13-15-38(16-14-23)31(34)35;/h4,7-12,18,23-24,27-28H,1-3,5-6,13-17,20H2,(H3,34,35)(H,36,40)(H,37,39);1H/t27?,28-;/m0./s1. The number of carbonyl (C=O) groups is 2. The highest BCUT2D eigenvalue weighted by Gasteiger charge is 2.34. The lowest BCUT2D eigenvalue weighted by molar-refractivity contribution is -0.131. The molecule has 10 heteroatoms. The van der Waals surface area contributed by atoms with E-state index in [2.05, 4.69) is 32.6 Å². The third-order valence-corrected chi connectivity index (χ3v) is 8.81. The van der Waals surface area contributed by atoms with Crippen LogP contribution in [0.2, 0.25) is 0 Å². The Kier molecular flexibility index (Phi) is 12.5. The van der Waals surface area contributed by atoms with E-state index in [0.29, 0.717) is 24.4 Å². The number of halogens is 2. The van der Waals surface area contributed by atoms with Crippen molar-refractivity contribution in [3.05, 3.63) is 69.7 Å². The normalized spacial score (nSPS) is 17.4. The summed E-state index contributed by atoms with van der Waals surface area (Å²) in [5.74, 6) is -0.226. The second-order valence-corrected chi connectivity index (χ2v) is 12.0. The minimum Gasteiger partial charge on any atom is -0.370 e. The van der Waals surface area contributed by atoms with Crippen LogP contribution in [0, 0.1) is 28.6 Å². The van der Waals surface area contributed by atoms with Gasteiger partial charge in [-0.1, -0.05) is 59.5 Å². The quantitative estimate of drug-likeness (QED) is 0.229. The molecular formula is C31H40BrClN6O2. The summed E-state index contributed by atoms with van der Waals surface area (Å²) in [5, 5.41) is 23.1. The number of nitriles is 1. The highest BCUT2D eigenvalue weighted by Crippen LogP contribution is 2.29. The van der Waals surface area contributed by atoms with E-state index in [4.69, 9.17) is 16.4 Å². The highest BCUT2D eigenvalue weighted by atomic mass is 79.9. The lowest BCUT2D eigenvalue weighted by Crippen LogP contribution is -2.53. The van der Waals surface area contributed by atoms with Gasteiger partial charge in [0.25, 0.3) is 0 Å². The fourth-order valence-corrected chi connectivity index (χ4v) is 6.30. The summed E-state index contributed by atoms with van der Waals surface area (Å²) in [6.45, 7) is 2.01. The highest BCUT2D eigenvalue weighted by molar-refractivity contribution is 9.10. The number of likely N-dealkylation sites (tertiary alicyclic amines) is 1. The maximum absolute atomic E-state index is 13.9. The molecule has 41 heavy (non-hydrogen) atoms. The number of carbonyl (C=O) groups excluding carboxylic acids is 2. The molecule has 0 aromatic heterocycles. The van der Waals surface area contributed by atoms with Crippen molar-refractivity contribution in [1.29, 1.82) is 10.7 Å². The number of benzene rings is 2. The number of rotatable bonds is 9. The smallest absolute Gasteiger partial charge is 0.242 e. The van der Waals surface area contributed by atoms with Crippen molar-refractivity contribution in [3.63, 3.8) is 0 Å². The summed E-state index contributed by atoms with van der Waals surface area (Å²) in [6.07, 6.45) is 7.33. The summed E-state index contributed by atoms with van der Waals surface area (Å²) in [7, 11) is 0. The van der Waals surface area contributed by atoms with Crippen molar-refractivity contribution in [1.82, 2.24) is 15.5 Å². The van der Waals surface area contributed by atoms with Crippen LogP contribution in [0.4, 0.5) is 0 Å². The van der Waals surface area contributed by atoms with Crippen LogP contribution in [-0.2, 0) is 16.0 Å². The predicted molar refractivity (Wildman–Crippen MR) is 167 cm³/mol. The number of guanidine groups is 1. The molecular weight excluding hydrogens is 604 g/mol. The zero-order valence-corrected chi connectivity index (χ0v) is 25.7. The Hall–Kier alpha value is -3.09. The first kappa shape index (κ1) is 32.4. The molecule has 1 aliphatic heterocycles. The van der Waals surface area contributed by atoms with Crippen LogP contribution < -0.4 is 16.4 Å². The van der Waals surface area contributed by atoms with Crippen LogP contribution in [-0.4, -0.2) is 48.3 Å². The summed E-state index contributed by atoms with van der Waals surface area (Å²) < 4.78 is 0.889. The van der Waals surface area contributed by atoms with Gasteiger partial charge in [-0.15, -0.1) is 12.4 Å². The van der Waals surface area contributed by atoms with Gasteiger partial charge in [-0.25, -0.2) is 0 Å². The molecule has 1 unspecified atom stereocenters. The molecule has 0 spiro atoms. The average Bonchev–Trinajstić information content (AvgIpc) is 2.98. The van der Waals surface area contributed by atoms with Gasteiger partial charge in [0, 0.05) is 24.1 Å². The first-order valence-electron chi connectivity index (χ1n) is 14.3. The van der Waals surface area contributed by atoms with Gasteiger partial charge in [0.1, 0.15) is 6.04 Å². The molecule has 2 aromatic carbocycles. The molecule has 4 rings (SSSR count). The number of nitrogens with zero attached hydrogens (tertiary/aromatic N) is 2. The maximum Gasteiger partial charge on any atom is 0.242 e. The van der Waals surface area contributed by atoms with Crippen LogP contribution in [0.5, 0.6) is 0 Å². The van der Waals surface area contributed by atoms with Gasteiger partial charge >= 0.3 is 0 Å². The Bertz CT molecular complexity index is 1220. The van der Waals surface area contributed by atoms with Crippen molar-refractivity contribution in [2.45, 2.75) is 63.3 Å². The van der Waals surface area contributed by atoms with Gasteiger partial charge in [0.2, 0.25) is 11.8 Å². The van der Waals surface area contributed by atoms with E-state index in [0.717, 1.165) is 73.6 Å². The third kappa shape index (κ3) is 9.20. The van der Waals surface area contributed by atoms with Crippen LogP contribution in [0.3, 0.4) is 0 Å². The van der Waals surface area contributed by atoms with Gasteiger partial charge in [-0.2, -0.15) is 5.26 Å². The molecule has 1 saturated carbocycles. The molecule has 2 atom stereocenters. The number of hydrogen-bond donors (Lipinski definition) is 4. The van der Waals surface area contributed by atoms with E-state index in [9.17, 15) is 9.59 Å². The van der Waals surface area contributed by atoms with Crippen molar-refractivity contribution >= 4 is 46.1 Å². The van der Waals surface area contributed by atoms with Crippen molar-refractivity contribution in [2.24, 2.45) is 17.6 Å². The van der Waals surface area contributed by atoms with Gasteiger partial charge in [0.15, 0.2) is 5.96 Å². The first-order valence-corrected chi connectivity index (χ1v) is 15.0. The second-order valence-electron chi connectivity index (χ2n) is 11.1. The monoisotopic (exact) mass is 642 g/mol. The molecule has 2 fully saturated rings. The van der Waals surface area contributed by atoms with Crippen molar-refractivity contribution in [2.75, 3.05) is 19.6 Å². The Morgan fingerprint density at radius 2 is 1.73 bits per heavy atom. The number of amides is 2. The third-order valence-electron chi connectivity index (χ3n) is 8.31. The zero-order chi connectivity index (χ0) is 28.5. The maximum atomic E-state index is 13.9. The number of hydrogen-bond acceptors (Lipinski definition) is 4. The molecule has 1 heterocycles. The van der Waals surface area contributed by atoms with Crippen LogP contribution in [0.15, 0.2) is 53.0 Å². The molecule has 2 aliphatic rings. The second kappa shape index (κ2) is 15.8. The van der Waals surface area contributed by atoms with Crippen molar-refractivity contribution in [3.8, 4) is 6.07 Å². The molecule has 2 aromatic rings. The number of nitrogens with two attached hydrogens (primary N) is 1. The Morgan fingerprint density at radius 3 is 2.34 bits per heavy atom. The minimum atomic E-state index is -0.583. The summed E-state index contributed by atoms with van der Waals surface area (Å²) in [4.78, 5) is 29.4. The van der Waals surface area contributed by atoms with Gasteiger partial charge in [0.05, 0.1) is 17.6 Å². The first-order chi connectivity index (χ1) is 19.3. The van der Waals surface area contributed by atoms with E-state index in [1.165, 1.54) is 0 Å². The average molecular weight is 644 g/mol. The largest absolute Gasteiger partial charge is 0.370 e. The van der Waals surface area contributed by atoms with E-state index < -0.39 is 12.0 Å². The zero-order valence-electron chi connectivity index (χ0n) is 23.3. The number of nitrogens with one attached hydrogen (secondary N) is 3. The molecule has 1 saturated heterocycles. The molecule has 220 valence electrons. The molecule has 1 aliphatic carbocycles. The van der Waals surface area contributed by atoms with Gasteiger partial charge in [-0.05, 0) is 79.3 Å². The van der Waals surface area contributed by atoms with E-state index >= 15 is 0 Å². The van der Waals surface area contributed by atoms with Gasteiger partial charge in [-0.3, -0.25) is 15.0 Å². The van der Waals surface area contributed by atoms with Crippen molar-refractivity contribution < 1.29 is 9.59 Å². The Morgan fingerprint density at radius 1 is 1.05 bits per heavy atom. The fourth-order valence-electron chi connectivity index (χ4n) is 5.89. The lowest BCUT2D eigenvalue weighted by atomic mass is 9.82. The Balaban J connectivity index is 0.00000462. The summed E-state index contributed by atoms with van der Waals surface area (Å²) in [6, 6.07) is 16.6. The minimum absolute atomic E-state index is 0. The number of piperidine rings is 1. The molecule has 0 radical (unpaired) electrons. The molecule has 5 N–H and O–H groups in total. The SMILES string of the molecule is Cl.N#Cc1ccc(CC(C(=O)N[C@H](C(=O)NCC2CCN(C(=N)N)CC2)C2CCCCC2)c2cccc(Br)c2)cc1. The predicted octanol–water partition coefficient (Wildman–Crippen LogP) is 4.86. The molecule has 0 bridgehead atoms. The van der Waals surface area contributed by atoms with Crippen LogP contribution in [0.25, 0.3) is 0 Å². The lowest BCUT2D eigenvalue weighted by Gasteiger charge is -2.34. The van der Waals surface area contributed by atoms with E-state index in [1.54, 1.807) is 12.1 Å². The van der Waals surface area contributed by atoms with Crippen LogP contribution >= 0.6 is 28.3 Å². The fraction of sp³-hybridized carbons (Fsp3) is 0.484. The Labute approximate surface area is 257 Å². The topological polar surface area (TPSA) is 135 Å². The van der Waals surface area contributed by atoms with E-state index in [-0.39, 0.29) is 36.1 Å². The van der Waals surface area contributed by atoms with Gasteiger partial charge < -0.3 is 21.3 Å². The summed E-state index contributed by atoms with van der Waals surface area (Å²) in [5.41, 5.74) is 8.03. The van der Waals surface area contributed by atoms with Crippen LogP contribution in [0.1, 0.15) is 67.6 Å². The molecule has 2 amide bonds.